The van der Waals surface area contributed by atoms with Crippen LogP contribution in [-0.4, -0.2) is 5.11 Å². The zero-order valence-electron chi connectivity index (χ0n) is 5.30. The number of aliphatic hydroxyl groups is 1. The van der Waals surface area contributed by atoms with E-state index in [1.807, 2.05) is 11.3 Å². The molecule has 10 heavy (non-hydrogen) atoms. The molecular formula is C7H7IOS. The molecule has 0 aliphatic heterocycles. The number of aryl methyl sites for hydroxylation is 1. The maximum Gasteiger partial charge on any atom is 0.0804 e. The highest BCUT2D eigenvalue weighted by molar-refractivity contribution is 14.1. The molecule has 0 radical (unpaired) electrons. The lowest BCUT2D eigenvalue weighted by Crippen LogP contribution is -1.86. The number of thiophene rings is 1. The summed E-state index contributed by atoms with van der Waals surface area (Å²) in [4.78, 5) is 1.39. The van der Waals surface area contributed by atoms with E-state index < -0.39 is 0 Å². The molecule has 0 saturated heterocycles. The van der Waals surface area contributed by atoms with Crippen molar-refractivity contribution in [2.75, 3.05) is 0 Å². The van der Waals surface area contributed by atoms with Crippen LogP contribution in [0.5, 0.6) is 0 Å². The Labute approximate surface area is 77.2 Å². The number of hydrogen-bond donors (Lipinski definition) is 1. The number of hydrogen-bond acceptors (Lipinski definition) is 2. The second kappa shape index (κ2) is 2.46. The van der Waals surface area contributed by atoms with Crippen molar-refractivity contribution in [3.05, 3.63) is 19.4 Å². The third-order valence-corrected chi connectivity index (χ3v) is 3.79. The van der Waals surface area contributed by atoms with Crippen molar-refractivity contribution < 1.29 is 5.11 Å². The van der Waals surface area contributed by atoms with Crippen LogP contribution in [0.15, 0.2) is 6.07 Å². The third-order valence-electron chi connectivity index (χ3n) is 1.82. The molecule has 0 aromatic carbocycles. The predicted octanol–water partition coefficient (Wildman–Crippen LogP) is 2.33. The van der Waals surface area contributed by atoms with Crippen molar-refractivity contribution >= 4 is 33.9 Å². The summed E-state index contributed by atoms with van der Waals surface area (Å²) < 4.78 is 1.29. The number of aliphatic hydroxyl groups excluding tert-OH is 1. The van der Waals surface area contributed by atoms with E-state index in [0.717, 1.165) is 12.8 Å². The van der Waals surface area contributed by atoms with Crippen molar-refractivity contribution in [3.63, 3.8) is 0 Å². The number of halogens is 1. The van der Waals surface area contributed by atoms with Crippen molar-refractivity contribution in [2.45, 2.75) is 18.9 Å². The van der Waals surface area contributed by atoms with Crippen LogP contribution in [0.1, 0.15) is 23.0 Å². The zero-order valence-corrected chi connectivity index (χ0v) is 8.28. The maximum absolute atomic E-state index is 9.40. The molecule has 1 aliphatic rings. The van der Waals surface area contributed by atoms with E-state index >= 15 is 0 Å². The van der Waals surface area contributed by atoms with Gasteiger partial charge in [0, 0.05) is 4.88 Å². The first kappa shape index (κ1) is 7.06. The quantitative estimate of drug-likeness (QED) is 0.714. The van der Waals surface area contributed by atoms with Gasteiger partial charge < -0.3 is 5.11 Å². The fourth-order valence-corrected chi connectivity index (χ4v) is 3.40. The molecule has 1 aromatic heterocycles. The third kappa shape index (κ3) is 1.00. The van der Waals surface area contributed by atoms with Crippen molar-refractivity contribution in [1.82, 2.24) is 0 Å². The summed E-state index contributed by atoms with van der Waals surface area (Å²) in [6.07, 6.45) is 1.83. The first-order valence-corrected chi connectivity index (χ1v) is 5.13. The lowest BCUT2D eigenvalue weighted by atomic mass is 10.2. The molecule has 1 unspecified atom stereocenters. The Balaban J connectivity index is 2.49. The summed E-state index contributed by atoms with van der Waals surface area (Å²) in [5.74, 6) is 0. The Morgan fingerprint density at radius 3 is 3.20 bits per heavy atom. The summed E-state index contributed by atoms with van der Waals surface area (Å²) >= 11 is 4.11. The smallest absolute Gasteiger partial charge is 0.0804 e. The van der Waals surface area contributed by atoms with Gasteiger partial charge in [-0.05, 0) is 47.1 Å². The molecule has 0 amide bonds. The van der Waals surface area contributed by atoms with Gasteiger partial charge in [0.2, 0.25) is 0 Å². The molecule has 54 valence electrons. The van der Waals surface area contributed by atoms with E-state index in [1.54, 1.807) is 0 Å². The van der Waals surface area contributed by atoms with Crippen LogP contribution in [0.4, 0.5) is 0 Å². The average molecular weight is 266 g/mol. The molecule has 0 spiro atoms. The van der Waals surface area contributed by atoms with E-state index in [2.05, 4.69) is 28.7 Å². The highest BCUT2D eigenvalue weighted by Gasteiger charge is 2.22. The van der Waals surface area contributed by atoms with Crippen LogP contribution in [0.2, 0.25) is 0 Å². The van der Waals surface area contributed by atoms with Gasteiger partial charge in [0.1, 0.15) is 0 Å². The summed E-state index contributed by atoms with van der Waals surface area (Å²) in [6, 6.07) is 2.10. The van der Waals surface area contributed by atoms with Crippen LogP contribution in [0.25, 0.3) is 0 Å². The Morgan fingerprint density at radius 1 is 1.70 bits per heavy atom. The predicted molar refractivity (Wildman–Crippen MR) is 50.3 cm³/mol. The minimum absolute atomic E-state index is 0.172. The summed E-state index contributed by atoms with van der Waals surface area (Å²) in [6.45, 7) is 0. The molecule has 1 aromatic rings. The van der Waals surface area contributed by atoms with Gasteiger partial charge in [-0.25, -0.2) is 0 Å². The van der Waals surface area contributed by atoms with Crippen LogP contribution < -0.4 is 0 Å². The van der Waals surface area contributed by atoms with Gasteiger partial charge in [-0.1, -0.05) is 0 Å². The van der Waals surface area contributed by atoms with E-state index in [4.69, 9.17) is 0 Å². The molecule has 0 bridgehead atoms. The lowest BCUT2D eigenvalue weighted by molar-refractivity contribution is 0.180. The van der Waals surface area contributed by atoms with E-state index in [0.29, 0.717) is 0 Å². The topological polar surface area (TPSA) is 20.2 Å². The van der Waals surface area contributed by atoms with Gasteiger partial charge in [0.05, 0.1) is 8.99 Å². The van der Waals surface area contributed by atoms with Crippen molar-refractivity contribution in [1.29, 1.82) is 0 Å². The number of fused-ring (bicyclic) bond motifs is 1. The SMILES string of the molecule is OC1CCc2sc(I)cc21. The normalized spacial score (nSPS) is 23.2. The molecule has 0 fully saturated rings. The molecule has 3 heteroatoms. The molecular weight excluding hydrogens is 259 g/mol. The fraction of sp³-hybridized carbons (Fsp3) is 0.429. The average Bonchev–Trinajstić information content (AvgIpc) is 2.35. The van der Waals surface area contributed by atoms with Gasteiger partial charge in [-0.3, -0.25) is 0 Å². The Morgan fingerprint density at radius 2 is 2.50 bits per heavy atom. The summed E-state index contributed by atoms with van der Waals surface area (Å²) in [7, 11) is 0. The van der Waals surface area contributed by atoms with Gasteiger partial charge in [-0.2, -0.15) is 0 Å². The highest BCUT2D eigenvalue weighted by atomic mass is 127. The highest BCUT2D eigenvalue weighted by Crippen LogP contribution is 2.37. The molecule has 1 aliphatic carbocycles. The molecule has 1 atom stereocenters. The van der Waals surface area contributed by atoms with E-state index in [-0.39, 0.29) is 6.10 Å². The van der Waals surface area contributed by atoms with Gasteiger partial charge in [-0.15, -0.1) is 11.3 Å². The zero-order chi connectivity index (χ0) is 7.14. The Hall–Kier alpha value is 0.390. The van der Waals surface area contributed by atoms with Crippen molar-refractivity contribution in [3.8, 4) is 0 Å². The molecule has 1 N–H and O–H groups in total. The van der Waals surface area contributed by atoms with Gasteiger partial charge in [0.25, 0.3) is 0 Å². The fourth-order valence-electron chi connectivity index (χ4n) is 1.31. The summed E-state index contributed by atoms with van der Waals surface area (Å²) in [5.41, 5.74) is 1.18. The second-order valence-corrected chi connectivity index (χ2v) is 5.51. The van der Waals surface area contributed by atoms with Gasteiger partial charge in [0.15, 0.2) is 0 Å². The van der Waals surface area contributed by atoms with Crippen LogP contribution in [0, 0.1) is 2.88 Å². The largest absolute Gasteiger partial charge is 0.388 e. The van der Waals surface area contributed by atoms with Gasteiger partial charge >= 0.3 is 0 Å². The monoisotopic (exact) mass is 266 g/mol. The maximum atomic E-state index is 9.40. The second-order valence-electron chi connectivity index (χ2n) is 2.48. The van der Waals surface area contributed by atoms with E-state index in [9.17, 15) is 5.11 Å². The van der Waals surface area contributed by atoms with E-state index in [1.165, 1.54) is 13.3 Å². The Kier molecular flexibility index (Phi) is 1.74. The standard InChI is InChI=1S/C7H7IOS/c8-7-3-4-5(9)1-2-6(4)10-7/h3,5,9H,1-2H2. The van der Waals surface area contributed by atoms with Crippen LogP contribution in [0.3, 0.4) is 0 Å². The lowest BCUT2D eigenvalue weighted by Gasteiger charge is -1.96. The first-order chi connectivity index (χ1) is 4.77. The molecule has 1 heterocycles. The minimum Gasteiger partial charge on any atom is -0.388 e. The van der Waals surface area contributed by atoms with Crippen LogP contribution >= 0.6 is 33.9 Å². The summed E-state index contributed by atoms with van der Waals surface area (Å²) in [5, 5.41) is 9.40. The molecule has 2 rings (SSSR count). The number of rotatable bonds is 0. The molecule has 1 nitrogen and oxygen atoms in total. The molecule has 0 saturated carbocycles. The first-order valence-electron chi connectivity index (χ1n) is 3.23. The van der Waals surface area contributed by atoms with Crippen molar-refractivity contribution in [2.24, 2.45) is 0 Å². The van der Waals surface area contributed by atoms with Crippen LogP contribution in [-0.2, 0) is 6.42 Å². The Bertz CT molecular complexity index is 256. The minimum atomic E-state index is -0.172.